The molecule has 0 atom stereocenters. The number of nitrogens with one attached hydrogen (secondary N) is 3. The number of amides is 1. The molecule has 3 aromatic rings. The summed E-state index contributed by atoms with van der Waals surface area (Å²) >= 11 is 0. The molecule has 1 aromatic carbocycles. The third-order valence-corrected chi connectivity index (χ3v) is 7.51. The maximum Gasteiger partial charge on any atom is 0.413 e. The van der Waals surface area contributed by atoms with Crippen LogP contribution in [0, 0.1) is 11.2 Å². The van der Waals surface area contributed by atoms with Gasteiger partial charge in [0.2, 0.25) is 5.88 Å². The Balaban J connectivity index is 1.22. The lowest BCUT2D eigenvalue weighted by Crippen LogP contribution is -2.49. The predicted octanol–water partition coefficient (Wildman–Crippen LogP) is 4.72. The van der Waals surface area contributed by atoms with Crippen LogP contribution in [0.3, 0.4) is 0 Å². The molecule has 1 saturated heterocycles. The van der Waals surface area contributed by atoms with Crippen LogP contribution in [0.15, 0.2) is 30.6 Å². The van der Waals surface area contributed by atoms with Crippen molar-refractivity contribution in [2.75, 3.05) is 43.5 Å². The van der Waals surface area contributed by atoms with E-state index < -0.39 is 11.9 Å². The second kappa shape index (κ2) is 9.66. The van der Waals surface area contributed by atoms with E-state index in [0.717, 1.165) is 38.8 Å². The molecule has 0 bridgehead atoms. The fourth-order valence-electron chi connectivity index (χ4n) is 5.63. The Morgan fingerprint density at radius 1 is 1.14 bits per heavy atom. The van der Waals surface area contributed by atoms with Crippen molar-refractivity contribution in [3.8, 4) is 22.8 Å². The Labute approximate surface area is 214 Å². The normalized spacial score (nSPS) is 18.3. The average molecular weight is 508 g/mol. The van der Waals surface area contributed by atoms with E-state index in [9.17, 15) is 4.79 Å². The first-order valence-electron chi connectivity index (χ1n) is 12.8. The number of rotatable bonds is 5. The molecule has 194 valence electrons. The highest BCUT2D eigenvalue weighted by molar-refractivity contribution is 5.93. The fourth-order valence-corrected chi connectivity index (χ4v) is 5.63. The second-order valence-electron chi connectivity index (χ2n) is 9.95. The number of piperidine rings is 1. The van der Waals surface area contributed by atoms with Crippen LogP contribution in [-0.4, -0.2) is 55.0 Å². The molecule has 4 heterocycles. The first kappa shape index (κ1) is 23.7. The largest absolute Gasteiger partial charge is 0.491 e. The Morgan fingerprint density at radius 3 is 2.78 bits per heavy atom. The van der Waals surface area contributed by atoms with Crippen LogP contribution < -0.4 is 25.4 Å². The van der Waals surface area contributed by atoms with Crippen LogP contribution in [0.25, 0.3) is 21.9 Å². The van der Waals surface area contributed by atoms with Crippen LogP contribution in [0.1, 0.15) is 32.6 Å². The molecule has 3 N–H and O–H groups in total. The molecular weight excluding hydrogens is 477 g/mol. The molecule has 0 radical (unpaired) electrons. The number of ether oxygens (including phenoxy) is 3. The molecule has 1 spiro atoms. The molecule has 37 heavy (non-hydrogen) atoms. The highest BCUT2D eigenvalue weighted by Crippen LogP contribution is 2.49. The Bertz CT molecular complexity index is 1340. The van der Waals surface area contributed by atoms with E-state index in [1.165, 1.54) is 12.3 Å². The molecule has 0 unspecified atom stereocenters. The number of carbonyl (C=O) groups excluding carboxylic acids is 1. The van der Waals surface area contributed by atoms with E-state index in [2.05, 4.69) is 25.9 Å². The third-order valence-electron chi connectivity index (χ3n) is 7.51. The van der Waals surface area contributed by atoms with Crippen molar-refractivity contribution >= 4 is 28.4 Å². The first-order chi connectivity index (χ1) is 18.0. The van der Waals surface area contributed by atoms with Gasteiger partial charge in [0.1, 0.15) is 30.0 Å². The minimum absolute atomic E-state index is 0.0645. The number of carbonyl (C=O) groups is 1. The van der Waals surface area contributed by atoms with Crippen molar-refractivity contribution in [3.05, 3.63) is 36.4 Å². The van der Waals surface area contributed by atoms with Gasteiger partial charge in [0, 0.05) is 35.5 Å². The minimum Gasteiger partial charge on any atom is -0.491 e. The lowest BCUT2D eigenvalue weighted by atomic mass is 9.62. The van der Waals surface area contributed by atoms with Gasteiger partial charge in [-0.15, -0.1) is 0 Å². The molecule has 10 heteroatoms. The van der Waals surface area contributed by atoms with Crippen LogP contribution in [0.5, 0.6) is 11.6 Å². The van der Waals surface area contributed by atoms with E-state index in [4.69, 9.17) is 14.2 Å². The van der Waals surface area contributed by atoms with E-state index in [-0.39, 0.29) is 6.10 Å². The van der Waals surface area contributed by atoms with Crippen LogP contribution in [0.4, 0.5) is 20.7 Å². The second-order valence-corrected chi connectivity index (χ2v) is 9.95. The fraction of sp³-hybridized carbons (Fsp3) is 0.444. The van der Waals surface area contributed by atoms with Gasteiger partial charge < -0.3 is 24.8 Å². The monoisotopic (exact) mass is 507 g/mol. The number of benzene rings is 1. The van der Waals surface area contributed by atoms with Crippen molar-refractivity contribution < 1.29 is 23.4 Å². The van der Waals surface area contributed by atoms with Crippen molar-refractivity contribution in [1.29, 1.82) is 0 Å². The number of fused-ring (bicyclic) bond motifs is 2. The zero-order chi connectivity index (χ0) is 25.4. The van der Waals surface area contributed by atoms with Crippen molar-refractivity contribution in [2.24, 2.45) is 5.41 Å². The minimum atomic E-state index is -0.522. The first-order valence-corrected chi connectivity index (χ1v) is 12.8. The van der Waals surface area contributed by atoms with E-state index in [0.29, 0.717) is 70.2 Å². The van der Waals surface area contributed by atoms with Gasteiger partial charge in [0.15, 0.2) is 5.75 Å². The SMILES string of the molecule is CCOc1c(-c2cc3cc(NC(=O)OC4CC5(CCNCC5)C4)ncc3cc2F)cnc2c1NCCO2. The summed E-state index contributed by atoms with van der Waals surface area (Å²) in [5.41, 5.74) is 1.79. The predicted molar refractivity (Wildman–Crippen MR) is 138 cm³/mol. The topological polar surface area (TPSA) is 107 Å². The standard InChI is InChI=1S/C27H30FN5O4/c1-2-35-24-20(15-32-25-23(24)30-7-8-36-25)19-9-16-11-22(31-14-17(16)10-21(19)28)33-26(34)37-18-12-27(13-18)3-5-29-6-4-27/h9-11,14-15,18,29-30H,2-8,12-13H2,1H3,(H,31,33,34). The lowest BCUT2D eigenvalue weighted by Gasteiger charge is -2.49. The number of anilines is 2. The van der Waals surface area contributed by atoms with Gasteiger partial charge in [-0.05, 0) is 74.7 Å². The van der Waals surface area contributed by atoms with Crippen LogP contribution in [0.2, 0.25) is 0 Å². The maximum atomic E-state index is 15.3. The number of aromatic nitrogens is 2. The average Bonchev–Trinajstić information content (AvgIpc) is 2.89. The summed E-state index contributed by atoms with van der Waals surface area (Å²) in [4.78, 5) is 21.2. The molecule has 2 fully saturated rings. The molecule has 2 aromatic heterocycles. The van der Waals surface area contributed by atoms with E-state index in [1.807, 2.05) is 6.92 Å². The highest BCUT2D eigenvalue weighted by atomic mass is 19.1. The van der Waals surface area contributed by atoms with Crippen LogP contribution in [-0.2, 0) is 4.74 Å². The van der Waals surface area contributed by atoms with E-state index >= 15 is 4.39 Å². The van der Waals surface area contributed by atoms with Gasteiger partial charge >= 0.3 is 6.09 Å². The van der Waals surface area contributed by atoms with Gasteiger partial charge in [-0.3, -0.25) is 5.32 Å². The zero-order valence-electron chi connectivity index (χ0n) is 20.7. The van der Waals surface area contributed by atoms with Gasteiger partial charge in [-0.1, -0.05) is 0 Å². The summed E-state index contributed by atoms with van der Waals surface area (Å²) in [6.07, 6.45) is 6.60. The molecule has 2 aliphatic heterocycles. The molecule has 1 aliphatic carbocycles. The third kappa shape index (κ3) is 4.61. The Morgan fingerprint density at radius 2 is 1.97 bits per heavy atom. The quantitative estimate of drug-likeness (QED) is 0.456. The summed E-state index contributed by atoms with van der Waals surface area (Å²) in [5.74, 6) is 0.847. The van der Waals surface area contributed by atoms with Crippen molar-refractivity contribution in [3.63, 3.8) is 0 Å². The number of hydrogen-bond donors (Lipinski definition) is 3. The molecular formula is C27H30FN5O4. The van der Waals surface area contributed by atoms with Gasteiger partial charge in [0.25, 0.3) is 0 Å². The Hall–Kier alpha value is -3.66. The zero-order valence-corrected chi connectivity index (χ0v) is 20.7. The summed E-state index contributed by atoms with van der Waals surface area (Å²) < 4.78 is 32.4. The molecule has 1 amide bonds. The van der Waals surface area contributed by atoms with Gasteiger partial charge in [-0.25, -0.2) is 19.2 Å². The maximum absolute atomic E-state index is 15.3. The molecule has 1 saturated carbocycles. The molecule has 3 aliphatic rings. The summed E-state index contributed by atoms with van der Waals surface area (Å²) in [6.45, 7) is 5.43. The van der Waals surface area contributed by atoms with Crippen molar-refractivity contribution in [1.82, 2.24) is 15.3 Å². The summed E-state index contributed by atoms with van der Waals surface area (Å²) in [5, 5.41) is 10.7. The lowest BCUT2D eigenvalue weighted by molar-refractivity contribution is -0.0539. The number of pyridine rings is 2. The van der Waals surface area contributed by atoms with Crippen LogP contribution >= 0.6 is 0 Å². The number of halogens is 1. The Kier molecular flexibility index (Phi) is 6.19. The van der Waals surface area contributed by atoms with E-state index in [1.54, 1.807) is 18.3 Å². The molecule has 9 nitrogen and oxygen atoms in total. The summed E-state index contributed by atoms with van der Waals surface area (Å²) in [7, 11) is 0. The van der Waals surface area contributed by atoms with Gasteiger partial charge in [-0.2, -0.15) is 0 Å². The highest BCUT2D eigenvalue weighted by Gasteiger charge is 2.46. The summed E-state index contributed by atoms with van der Waals surface area (Å²) in [6, 6.07) is 4.85. The smallest absolute Gasteiger partial charge is 0.413 e. The molecule has 6 rings (SSSR count). The number of hydrogen-bond acceptors (Lipinski definition) is 8. The number of nitrogens with zero attached hydrogens (tertiary/aromatic N) is 2. The van der Waals surface area contributed by atoms with Gasteiger partial charge in [0.05, 0.1) is 6.61 Å². The van der Waals surface area contributed by atoms with Crippen molar-refractivity contribution in [2.45, 2.75) is 38.7 Å².